The summed E-state index contributed by atoms with van der Waals surface area (Å²) in [6, 6.07) is 13.9. The Morgan fingerprint density at radius 2 is 1.86 bits per heavy atom. The molecule has 6 nitrogen and oxygen atoms in total. The Kier molecular flexibility index (Phi) is 6.74. The highest BCUT2D eigenvalue weighted by Gasteiger charge is 2.29. The lowest BCUT2D eigenvalue weighted by Crippen LogP contribution is -2.39. The average Bonchev–Trinajstić information content (AvgIpc) is 3.19. The lowest BCUT2D eigenvalue weighted by atomic mass is 10.0. The van der Waals surface area contributed by atoms with Crippen molar-refractivity contribution in [2.45, 2.75) is 12.6 Å². The minimum absolute atomic E-state index is 0. The molecule has 0 spiro atoms. The molecule has 1 atom stereocenters. The molecule has 4 rings (SSSR count). The molecule has 0 bridgehead atoms. The van der Waals surface area contributed by atoms with Crippen molar-refractivity contribution in [1.29, 1.82) is 0 Å². The smallest absolute Gasteiger partial charge is 0.248 e. The van der Waals surface area contributed by atoms with Crippen molar-refractivity contribution in [3.05, 3.63) is 71.4 Å². The monoisotopic (exact) mass is 404 g/mol. The Morgan fingerprint density at radius 1 is 1.11 bits per heavy atom. The summed E-state index contributed by atoms with van der Waals surface area (Å²) in [7, 11) is 0. The molecule has 0 aliphatic carbocycles. The zero-order valence-corrected chi connectivity index (χ0v) is 16.1. The van der Waals surface area contributed by atoms with E-state index in [1.165, 1.54) is 12.1 Å². The molecule has 1 unspecified atom stereocenters. The van der Waals surface area contributed by atoms with Gasteiger partial charge in [0.25, 0.3) is 0 Å². The molecule has 148 valence electrons. The van der Waals surface area contributed by atoms with Crippen LogP contribution in [-0.2, 0) is 11.3 Å². The first kappa shape index (κ1) is 20.4. The maximum atomic E-state index is 13.8. The van der Waals surface area contributed by atoms with Gasteiger partial charge in [-0.25, -0.2) is 4.39 Å². The molecule has 1 aliphatic heterocycles. The summed E-state index contributed by atoms with van der Waals surface area (Å²) >= 11 is 0. The van der Waals surface area contributed by atoms with Gasteiger partial charge < -0.3 is 15.0 Å². The van der Waals surface area contributed by atoms with Crippen molar-refractivity contribution in [2.75, 3.05) is 26.3 Å². The van der Waals surface area contributed by atoms with Gasteiger partial charge in [0.2, 0.25) is 11.7 Å². The Balaban J connectivity index is 0.00000225. The average molecular weight is 405 g/mol. The highest BCUT2D eigenvalue weighted by Crippen LogP contribution is 2.30. The number of hydrogen-bond acceptors (Lipinski definition) is 6. The second kappa shape index (κ2) is 9.25. The molecule has 0 amide bonds. The molecule has 1 aliphatic rings. The van der Waals surface area contributed by atoms with E-state index in [2.05, 4.69) is 15.0 Å². The molecular formula is C20H22ClFN4O2. The number of ether oxygens (including phenoxy) is 1. The van der Waals surface area contributed by atoms with Gasteiger partial charge in [-0.3, -0.25) is 4.90 Å². The van der Waals surface area contributed by atoms with Crippen molar-refractivity contribution in [3.63, 3.8) is 0 Å². The number of rotatable bonds is 5. The van der Waals surface area contributed by atoms with Crippen LogP contribution in [0.4, 0.5) is 4.39 Å². The lowest BCUT2D eigenvalue weighted by molar-refractivity contribution is 0.0180. The molecule has 1 fully saturated rings. The quantitative estimate of drug-likeness (QED) is 0.703. The minimum atomic E-state index is -0.311. The van der Waals surface area contributed by atoms with E-state index in [-0.39, 0.29) is 24.3 Å². The topological polar surface area (TPSA) is 77.4 Å². The van der Waals surface area contributed by atoms with Crippen LogP contribution in [0.5, 0.6) is 0 Å². The van der Waals surface area contributed by atoms with Crippen LogP contribution in [0.15, 0.2) is 53.1 Å². The second-order valence-corrected chi connectivity index (χ2v) is 6.46. The van der Waals surface area contributed by atoms with Crippen molar-refractivity contribution < 1.29 is 13.7 Å². The molecule has 2 N–H and O–H groups in total. The minimum Gasteiger partial charge on any atom is -0.379 e. The summed E-state index contributed by atoms with van der Waals surface area (Å²) in [6.45, 7) is 3.14. The predicted molar refractivity (Wildman–Crippen MR) is 106 cm³/mol. The van der Waals surface area contributed by atoms with Crippen LogP contribution >= 0.6 is 12.4 Å². The van der Waals surface area contributed by atoms with E-state index in [1.54, 1.807) is 6.07 Å². The van der Waals surface area contributed by atoms with Crippen LogP contribution in [0, 0.1) is 5.82 Å². The number of halogens is 2. The first-order chi connectivity index (χ1) is 13.2. The molecule has 8 heteroatoms. The van der Waals surface area contributed by atoms with Crippen LogP contribution in [0.3, 0.4) is 0 Å². The second-order valence-electron chi connectivity index (χ2n) is 6.46. The molecule has 2 heterocycles. The van der Waals surface area contributed by atoms with Crippen molar-refractivity contribution in [1.82, 2.24) is 15.0 Å². The van der Waals surface area contributed by atoms with Gasteiger partial charge in [-0.15, -0.1) is 12.4 Å². The first-order valence-corrected chi connectivity index (χ1v) is 8.95. The zero-order chi connectivity index (χ0) is 18.6. The van der Waals surface area contributed by atoms with Gasteiger partial charge in [0.05, 0.1) is 13.2 Å². The summed E-state index contributed by atoms with van der Waals surface area (Å²) in [5, 5.41) is 4.14. The molecule has 3 aromatic rings. The molecule has 1 saturated heterocycles. The number of hydrogen-bond donors (Lipinski definition) is 1. The largest absolute Gasteiger partial charge is 0.379 e. The Hall–Kier alpha value is -2.32. The lowest BCUT2D eigenvalue weighted by Gasteiger charge is -2.32. The summed E-state index contributed by atoms with van der Waals surface area (Å²) in [5.41, 5.74) is 8.31. The van der Waals surface area contributed by atoms with Crippen LogP contribution in [-0.4, -0.2) is 41.3 Å². The van der Waals surface area contributed by atoms with Gasteiger partial charge in [-0.2, -0.15) is 4.98 Å². The third-order valence-electron chi connectivity index (χ3n) is 4.70. The van der Waals surface area contributed by atoms with E-state index >= 15 is 0 Å². The van der Waals surface area contributed by atoms with Gasteiger partial charge in [0.15, 0.2) is 0 Å². The van der Waals surface area contributed by atoms with E-state index in [0.29, 0.717) is 44.6 Å². The Bertz CT molecular complexity index is 897. The SMILES string of the molecule is Cl.NCc1ccc(-c2noc(C(c3cccc(F)c3)N3CCOCC3)n2)cc1. The Labute approximate surface area is 168 Å². The zero-order valence-electron chi connectivity index (χ0n) is 15.3. The first-order valence-electron chi connectivity index (χ1n) is 8.95. The normalized spacial score (nSPS) is 15.8. The third kappa shape index (κ3) is 4.39. The van der Waals surface area contributed by atoms with E-state index in [4.69, 9.17) is 15.0 Å². The van der Waals surface area contributed by atoms with Crippen LogP contribution in [0.25, 0.3) is 11.4 Å². The predicted octanol–water partition coefficient (Wildman–Crippen LogP) is 3.18. The van der Waals surface area contributed by atoms with Crippen LogP contribution in [0.1, 0.15) is 23.1 Å². The van der Waals surface area contributed by atoms with Gasteiger partial charge in [0.1, 0.15) is 11.9 Å². The maximum absolute atomic E-state index is 13.8. The number of nitrogens with zero attached hydrogens (tertiary/aromatic N) is 3. The molecule has 0 saturated carbocycles. The van der Waals surface area contributed by atoms with Crippen LogP contribution < -0.4 is 5.73 Å². The number of nitrogens with two attached hydrogens (primary N) is 1. The number of morpholine rings is 1. The van der Waals surface area contributed by atoms with Crippen LogP contribution in [0.2, 0.25) is 0 Å². The van der Waals surface area contributed by atoms with Gasteiger partial charge in [-0.1, -0.05) is 41.6 Å². The fourth-order valence-electron chi connectivity index (χ4n) is 3.28. The van der Waals surface area contributed by atoms with Crippen molar-refractivity contribution in [3.8, 4) is 11.4 Å². The van der Waals surface area contributed by atoms with E-state index < -0.39 is 0 Å². The number of aromatic nitrogens is 2. The Morgan fingerprint density at radius 3 is 2.54 bits per heavy atom. The highest BCUT2D eigenvalue weighted by molar-refractivity contribution is 5.85. The number of benzene rings is 2. The van der Waals surface area contributed by atoms with E-state index in [9.17, 15) is 4.39 Å². The highest BCUT2D eigenvalue weighted by atomic mass is 35.5. The van der Waals surface area contributed by atoms with Gasteiger partial charge in [0, 0.05) is 25.2 Å². The third-order valence-corrected chi connectivity index (χ3v) is 4.70. The standard InChI is InChI=1S/C20H21FN4O2.ClH/c21-17-3-1-2-16(12-17)18(25-8-10-26-11-9-25)20-23-19(24-27-20)15-6-4-14(13-22)5-7-15;/h1-7,12,18H,8-11,13,22H2;1H. The fraction of sp³-hybridized carbons (Fsp3) is 0.300. The van der Waals surface area contributed by atoms with E-state index in [1.807, 2.05) is 30.3 Å². The molecular weight excluding hydrogens is 383 g/mol. The summed E-state index contributed by atoms with van der Waals surface area (Å²) in [4.78, 5) is 6.78. The molecule has 28 heavy (non-hydrogen) atoms. The molecule has 2 aromatic carbocycles. The molecule has 0 radical (unpaired) electrons. The van der Waals surface area contributed by atoms with E-state index in [0.717, 1.165) is 16.7 Å². The van der Waals surface area contributed by atoms with Crippen molar-refractivity contribution in [2.24, 2.45) is 5.73 Å². The maximum Gasteiger partial charge on any atom is 0.248 e. The summed E-state index contributed by atoms with van der Waals surface area (Å²) in [5.74, 6) is 0.659. The fourth-order valence-corrected chi connectivity index (χ4v) is 3.28. The van der Waals surface area contributed by atoms with Crippen molar-refractivity contribution >= 4 is 12.4 Å². The van der Waals surface area contributed by atoms with Gasteiger partial charge >= 0.3 is 0 Å². The summed E-state index contributed by atoms with van der Waals surface area (Å²) in [6.07, 6.45) is 0. The summed E-state index contributed by atoms with van der Waals surface area (Å²) < 4.78 is 24.9. The molecule has 1 aromatic heterocycles. The van der Waals surface area contributed by atoms with Gasteiger partial charge in [-0.05, 0) is 23.3 Å².